The van der Waals surface area contributed by atoms with E-state index < -0.39 is 0 Å². The van der Waals surface area contributed by atoms with Crippen LogP contribution in [-0.2, 0) is 43.2 Å². The van der Waals surface area contributed by atoms with Gasteiger partial charge in [0.05, 0.1) is 5.76 Å². The average molecular weight is 865 g/mol. The summed E-state index contributed by atoms with van der Waals surface area (Å²) >= 11 is 0. The van der Waals surface area contributed by atoms with Gasteiger partial charge in [-0.3, -0.25) is 9.78 Å². The van der Waals surface area contributed by atoms with Gasteiger partial charge in [0.2, 0.25) is 0 Å². The maximum atomic E-state index is 11.7. The predicted molar refractivity (Wildman–Crippen MR) is 211 cm³/mol. The number of carbonyl (C=O) groups excluding carboxylic acids is 1. The van der Waals surface area contributed by atoms with Crippen molar-refractivity contribution in [1.82, 2.24) is 4.98 Å². The van der Waals surface area contributed by atoms with Crippen molar-refractivity contribution in [2.75, 3.05) is 0 Å². The molecule has 1 aliphatic carbocycles. The van der Waals surface area contributed by atoms with Crippen molar-refractivity contribution >= 4 is 38.5 Å². The van der Waals surface area contributed by atoms with Gasteiger partial charge in [-0.25, -0.2) is 0 Å². The van der Waals surface area contributed by atoms with Gasteiger partial charge >= 0.3 is 0 Å². The number of rotatable bonds is 11. The maximum Gasteiger partial charge on any atom is 0.162 e. The Bertz CT molecular complexity index is 2040. The number of aryl methyl sites for hydroxylation is 1. The van der Waals surface area contributed by atoms with E-state index >= 15 is 0 Å². The number of nitrogens with zero attached hydrogens (tertiary/aromatic N) is 1. The first-order valence-corrected chi connectivity index (χ1v) is 19.0. The molecule has 1 aliphatic rings. The fourth-order valence-electron chi connectivity index (χ4n) is 7.82. The number of hydrogen-bond donors (Lipinski definition) is 1. The maximum absolute atomic E-state index is 11.7. The molecule has 5 heteroatoms. The fourth-order valence-corrected chi connectivity index (χ4v) is 7.82. The molecule has 0 aliphatic heterocycles. The number of aromatic nitrogens is 1. The number of carbonyl (C=O) groups is 1. The molecule has 0 atom stereocenters. The first-order chi connectivity index (χ1) is 23.7. The van der Waals surface area contributed by atoms with Crippen LogP contribution in [0.1, 0.15) is 123 Å². The number of allylic oxidation sites excluding steroid dienone is 2. The summed E-state index contributed by atoms with van der Waals surface area (Å²) < 4.78 is 6.83. The Balaban J connectivity index is 0.000000312. The van der Waals surface area contributed by atoms with E-state index in [9.17, 15) is 9.90 Å². The van der Waals surface area contributed by atoms with E-state index in [1.807, 2.05) is 27.7 Å². The van der Waals surface area contributed by atoms with E-state index in [1.54, 1.807) is 0 Å². The predicted octanol–water partition coefficient (Wildman–Crippen LogP) is 12.8. The number of aliphatic hydroxyl groups is 1. The number of ketones is 1. The van der Waals surface area contributed by atoms with Gasteiger partial charge in [0.25, 0.3) is 0 Å². The van der Waals surface area contributed by atoms with Crippen molar-refractivity contribution in [1.29, 1.82) is 0 Å². The number of pyridine rings is 1. The van der Waals surface area contributed by atoms with Gasteiger partial charge in [-0.05, 0) is 73.8 Å². The summed E-state index contributed by atoms with van der Waals surface area (Å²) in [4.78, 5) is 16.9. The zero-order valence-corrected chi connectivity index (χ0v) is 35.1. The first kappa shape index (κ1) is 40.5. The normalized spacial score (nSPS) is 13.7. The molecule has 0 bridgehead atoms. The van der Waals surface area contributed by atoms with E-state index in [2.05, 4.69) is 97.1 Å². The minimum absolute atomic E-state index is 0. The molecule has 5 aromatic rings. The van der Waals surface area contributed by atoms with Crippen molar-refractivity contribution in [3.05, 3.63) is 88.3 Å². The third-order valence-corrected chi connectivity index (χ3v) is 10.8. The standard InChI is InChI=1S/C33H34NO.C13H24O2.Ir/c1-18(2)12-22-10-11-26-28-29-30(34-17-24(13-19(3)4)32(29)35-31(22)28)25-15-21-9-8-20(5)14-23(21)16-27(25)33(26,6)7;1-5-10(6-2)12(14)9-13(15)11(7-3)8-4;/h8-11,14,16-19H,12-13H2,1-7H3;9-11,14H,5-8H2,1-4H3;/q-1;;/b;12-9-;. The summed E-state index contributed by atoms with van der Waals surface area (Å²) in [5, 5.41) is 14.6. The van der Waals surface area contributed by atoms with Crippen molar-refractivity contribution in [3.63, 3.8) is 0 Å². The summed E-state index contributed by atoms with van der Waals surface area (Å²) in [6, 6.07) is 17.5. The minimum Gasteiger partial charge on any atom is -0.512 e. The Morgan fingerprint density at radius 3 is 2.06 bits per heavy atom. The molecule has 0 spiro atoms. The SMILES string of the molecule is CCC(CC)C(=O)/C=C(\O)C(CC)CC.Cc1ccc2[c-]c3c(cc2c1)C(C)(C)c1ccc(CC(C)C)c2oc4c(CC(C)C)cnc-3c4c12.[Ir]. The molecule has 0 saturated carbocycles. The summed E-state index contributed by atoms with van der Waals surface area (Å²) in [5.41, 5.74) is 10.3. The van der Waals surface area contributed by atoms with Crippen LogP contribution >= 0.6 is 0 Å². The number of hydrogen-bond acceptors (Lipinski definition) is 4. The summed E-state index contributed by atoms with van der Waals surface area (Å²) in [7, 11) is 0. The second-order valence-corrected chi connectivity index (χ2v) is 15.9. The third kappa shape index (κ3) is 8.06. The van der Waals surface area contributed by atoms with E-state index in [4.69, 9.17) is 9.40 Å². The zero-order valence-electron chi connectivity index (χ0n) is 32.7. The second-order valence-electron chi connectivity index (χ2n) is 15.9. The number of benzene rings is 3. The van der Waals surface area contributed by atoms with Crippen LogP contribution in [0.15, 0.2) is 58.8 Å². The van der Waals surface area contributed by atoms with Crippen molar-refractivity contribution in [2.24, 2.45) is 23.7 Å². The van der Waals surface area contributed by atoms with Gasteiger partial charge in [-0.15, -0.1) is 23.6 Å². The quantitative estimate of drug-likeness (QED) is 0.0816. The van der Waals surface area contributed by atoms with Crippen molar-refractivity contribution < 1.29 is 34.4 Å². The van der Waals surface area contributed by atoms with Gasteiger partial charge in [0.15, 0.2) is 5.78 Å². The molecule has 0 fully saturated rings. The van der Waals surface area contributed by atoms with E-state index in [-0.39, 0.29) is 48.9 Å². The van der Waals surface area contributed by atoms with Crippen LogP contribution in [-0.4, -0.2) is 15.9 Å². The third-order valence-electron chi connectivity index (χ3n) is 10.8. The molecule has 0 saturated heterocycles. The molecule has 275 valence electrons. The number of aliphatic hydroxyl groups excluding tert-OH is 1. The molecule has 6 rings (SSSR count). The Kier molecular flexibility index (Phi) is 13.2. The van der Waals surface area contributed by atoms with Crippen LogP contribution in [0.5, 0.6) is 0 Å². The molecule has 51 heavy (non-hydrogen) atoms. The average Bonchev–Trinajstić information content (AvgIpc) is 3.44. The van der Waals surface area contributed by atoms with Crippen LogP contribution in [0.2, 0.25) is 0 Å². The molecular weight excluding hydrogens is 807 g/mol. The number of fused-ring (bicyclic) bond motifs is 3. The minimum atomic E-state index is -0.214. The Morgan fingerprint density at radius 2 is 1.45 bits per heavy atom. The zero-order chi connectivity index (χ0) is 36.5. The van der Waals surface area contributed by atoms with Gasteiger partial charge in [-0.2, -0.15) is 0 Å². The summed E-state index contributed by atoms with van der Waals surface area (Å²) in [5.74, 6) is 1.63. The molecule has 4 nitrogen and oxygen atoms in total. The van der Waals surface area contributed by atoms with Crippen LogP contribution in [0, 0.1) is 36.7 Å². The molecule has 3 aromatic carbocycles. The van der Waals surface area contributed by atoms with Crippen molar-refractivity contribution in [2.45, 2.75) is 120 Å². The largest absolute Gasteiger partial charge is 0.512 e. The van der Waals surface area contributed by atoms with E-state index in [0.29, 0.717) is 11.8 Å². The van der Waals surface area contributed by atoms with E-state index in [0.717, 1.165) is 66.3 Å². The van der Waals surface area contributed by atoms with Crippen LogP contribution in [0.25, 0.3) is 44.0 Å². The number of furan rings is 1. The Morgan fingerprint density at radius 1 is 0.843 bits per heavy atom. The Labute approximate surface area is 319 Å². The van der Waals surface area contributed by atoms with Gasteiger partial charge in [-0.1, -0.05) is 116 Å². The topological polar surface area (TPSA) is 63.3 Å². The first-order valence-electron chi connectivity index (χ1n) is 19.0. The van der Waals surface area contributed by atoms with Crippen LogP contribution in [0.4, 0.5) is 0 Å². The Hall–Kier alpha value is -3.27. The van der Waals surface area contributed by atoms with Crippen LogP contribution < -0.4 is 0 Å². The van der Waals surface area contributed by atoms with Crippen molar-refractivity contribution in [3.8, 4) is 11.3 Å². The van der Waals surface area contributed by atoms with Crippen LogP contribution in [0.3, 0.4) is 0 Å². The smallest absolute Gasteiger partial charge is 0.162 e. The van der Waals surface area contributed by atoms with Gasteiger partial charge < -0.3 is 9.52 Å². The molecular formula is C46H58IrNO3-. The molecule has 0 unspecified atom stereocenters. The summed E-state index contributed by atoms with van der Waals surface area (Å²) in [6.07, 6.45) is 8.91. The van der Waals surface area contributed by atoms with Gasteiger partial charge in [0.1, 0.15) is 11.2 Å². The van der Waals surface area contributed by atoms with E-state index in [1.165, 1.54) is 50.1 Å². The summed E-state index contributed by atoms with van der Waals surface area (Å²) in [6.45, 7) is 24.0. The molecule has 2 aromatic heterocycles. The van der Waals surface area contributed by atoms with Gasteiger partial charge in [0, 0.05) is 66.2 Å². The molecule has 1 N–H and O–H groups in total. The fraction of sp³-hybridized carbons (Fsp3) is 0.478. The second kappa shape index (κ2) is 16.6. The molecule has 1 radical (unpaired) electrons. The molecule has 2 heterocycles. The molecule has 0 amide bonds. The monoisotopic (exact) mass is 865 g/mol.